The Hall–Kier alpha value is -3.82. The van der Waals surface area contributed by atoms with E-state index in [1.165, 1.54) is 19.2 Å². The molecule has 0 saturated heterocycles. The minimum absolute atomic E-state index is 0.0381. The lowest BCUT2D eigenvalue weighted by Crippen LogP contribution is -2.50. The molecule has 0 aliphatic carbocycles. The summed E-state index contributed by atoms with van der Waals surface area (Å²) < 4.78 is 16.1. The lowest BCUT2D eigenvalue weighted by Gasteiger charge is -2.26. The predicted octanol–water partition coefficient (Wildman–Crippen LogP) is 4.23. The number of rotatable bonds is 11. The molecule has 2 aromatic rings. The fourth-order valence-corrected chi connectivity index (χ4v) is 3.51. The van der Waals surface area contributed by atoms with Crippen molar-refractivity contribution in [3.8, 4) is 5.75 Å². The van der Waals surface area contributed by atoms with Gasteiger partial charge in [0.05, 0.1) is 7.11 Å². The maximum atomic E-state index is 13.5. The number of hydrogen-bond acceptors (Lipinski definition) is 8. The number of hydrogen-bond donors (Lipinski definition) is 3. The summed E-state index contributed by atoms with van der Waals surface area (Å²) in [4.78, 5) is 42.6. The zero-order valence-corrected chi connectivity index (χ0v) is 22.3. The average molecular weight is 516 g/mol. The Morgan fingerprint density at radius 2 is 1.92 bits per heavy atom. The quantitative estimate of drug-likeness (QED) is 0.298. The van der Waals surface area contributed by atoms with Gasteiger partial charge in [0.15, 0.2) is 5.69 Å². The molecular formula is C27H37N3O7. The lowest BCUT2D eigenvalue weighted by molar-refractivity contribution is -0.124. The Kier molecular flexibility index (Phi) is 10.3. The maximum absolute atomic E-state index is 13.5. The highest BCUT2D eigenvalue weighted by Crippen LogP contribution is 2.25. The number of aromatic nitrogens is 1. The molecule has 202 valence electrons. The molecule has 0 bridgehead atoms. The van der Waals surface area contributed by atoms with Crippen LogP contribution in [0.1, 0.15) is 74.8 Å². The van der Waals surface area contributed by atoms with Crippen LogP contribution in [0.25, 0.3) is 0 Å². The van der Waals surface area contributed by atoms with Crippen LogP contribution in [0.3, 0.4) is 0 Å². The molecule has 10 heteroatoms. The van der Waals surface area contributed by atoms with Crippen molar-refractivity contribution in [3.63, 3.8) is 0 Å². The summed E-state index contributed by atoms with van der Waals surface area (Å²) in [5, 5.41) is 15.4. The van der Waals surface area contributed by atoms with Crippen molar-refractivity contribution in [2.75, 3.05) is 7.11 Å². The molecule has 1 aromatic heterocycles. The summed E-state index contributed by atoms with van der Waals surface area (Å²) in [5.74, 6) is -0.810. The number of nitrogens with one attached hydrogen (secondary N) is 2. The molecule has 37 heavy (non-hydrogen) atoms. The van der Waals surface area contributed by atoms with Crippen LogP contribution >= 0.6 is 0 Å². The van der Waals surface area contributed by atoms with Gasteiger partial charge in [0.25, 0.3) is 0 Å². The summed E-state index contributed by atoms with van der Waals surface area (Å²) in [7, 11) is 1.25. The molecule has 0 aliphatic rings. The standard InChI is InChI=1S/C27H37N3O7/c1-8-9-13-20-22(25(33)35-7)30-24(36-20)21(16(2)3)29-23(32)19(28-26(34)37-27(4,5)6)15-17-11-10-12-18(31)14-17/h8,10-12,14,16,19,21,31H,1,9,13,15H2,2-7H3,(H,28,34)(H,29,32). The van der Waals surface area contributed by atoms with Gasteiger partial charge in [-0.05, 0) is 50.8 Å². The van der Waals surface area contributed by atoms with Gasteiger partial charge in [-0.25, -0.2) is 14.6 Å². The van der Waals surface area contributed by atoms with E-state index in [1.54, 1.807) is 39.0 Å². The molecule has 2 unspecified atom stereocenters. The Labute approximate surface area is 217 Å². The van der Waals surface area contributed by atoms with Crippen LogP contribution in [0.15, 0.2) is 41.3 Å². The summed E-state index contributed by atoms with van der Waals surface area (Å²) in [6.07, 6.45) is 1.97. The first kappa shape index (κ1) is 29.4. The van der Waals surface area contributed by atoms with E-state index in [4.69, 9.17) is 13.9 Å². The van der Waals surface area contributed by atoms with E-state index in [0.29, 0.717) is 24.2 Å². The first-order valence-corrected chi connectivity index (χ1v) is 12.1. The second-order valence-electron chi connectivity index (χ2n) is 9.95. The molecule has 2 amide bonds. The monoisotopic (exact) mass is 515 g/mol. The number of oxazole rings is 1. The first-order valence-electron chi connectivity index (χ1n) is 12.1. The van der Waals surface area contributed by atoms with Crippen LogP contribution in [-0.2, 0) is 27.1 Å². The van der Waals surface area contributed by atoms with Crippen LogP contribution in [-0.4, -0.2) is 46.8 Å². The Morgan fingerprint density at radius 3 is 2.49 bits per heavy atom. The van der Waals surface area contributed by atoms with Gasteiger partial charge in [-0.15, -0.1) is 6.58 Å². The van der Waals surface area contributed by atoms with Crippen molar-refractivity contribution in [1.82, 2.24) is 15.6 Å². The lowest BCUT2D eigenvalue weighted by atomic mass is 10.0. The molecule has 1 aromatic carbocycles. The summed E-state index contributed by atoms with van der Waals surface area (Å²) in [6.45, 7) is 12.6. The molecule has 2 rings (SSSR count). The molecule has 0 aliphatic heterocycles. The number of amides is 2. The van der Waals surface area contributed by atoms with Gasteiger partial charge in [0, 0.05) is 12.8 Å². The van der Waals surface area contributed by atoms with E-state index >= 15 is 0 Å². The van der Waals surface area contributed by atoms with Crippen molar-refractivity contribution in [2.45, 2.75) is 71.6 Å². The summed E-state index contributed by atoms with van der Waals surface area (Å²) >= 11 is 0. The number of benzene rings is 1. The molecule has 0 fully saturated rings. The van der Waals surface area contributed by atoms with Crippen molar-refractivity contribution in [2.24, 2.45) is 5.92 Å². The van der Waals surface area contributed by atoms with Crippen molar-refractivity contribution in [3.05, 3.63) is 59.8 Å². The average Bonchev–Trinajstić information content (AvgIpc) is 3.22. The number of esters is 1. The van der Waals surface area contributed by atoms with E-state index in [0.717, 1.165) is 0 Å². The van der Waals surface area contributed by atoms with Gasteiger partial charge in [-0.3, -0.25) is 4.79 Å². The Morgan fingerprint density at radius 1 is 1.22 bits per heavy atom. The Balaban J connectivity index is 2.35. The van der Waals surface area contributed by atoms with Gasteiger partial charge in [0.1, 0.15) is 29.2 Å². The summed E-state index contributed by atoms with van der Waals surface area (Å²) in [5.41, 5.74) is -0.0866. The zero-order valence-electron chi connectivity index (χ0n) is 22.3. The van der Waals surface area contributed by atoms with E-state index in [2.05, 4.69) is 22.2 Å². The number of carbonyl (C=O) groups is 3. The zero-order chi connectivity index (χ0) is 27.8. The van der Waals surface area contributed by atoms with Gasteiger partial charge >= 0.3 is 12.1 Å². The number of phenols is 1. The normalized spacial score (nSPS) is 12.9. The van der Waals surface area contributed by atoms with Crippen LogP contribution in [0.2, 0.25) is 0 Å². The fourth-order valence-electron chi connectivity index (χ4n) is 3.51. The maximum Gasteiger partial charge on any atom is 0.408 e. The highest BCUT2D eigenvalue weighted by molar-refractivity contribution is 5.88. The third-order valence-electron chi connectivity index (χ3n) is 5.26. The minimum Gasteiger partial charge on any atom is -0.508 e. The largest absolute Gasteiger partial charge is 0.508 e. The highest BCUT2D eigenvalue weighted by atomic mass is 16.6. The van der Waals surface area contributed by atoms with Crippen molar-refractivity contribution < 1.29 is 33.4 Å². The van der Waals surface area contributed by atoms with Gasteiger partial charge in [-0.2, -0.15) is 0 Å². The van der Waals surface area contributed by atoms with Crippen LogP contribution in [0, 0.1) is 5.92 Å². The number of aryl methyl sites for hydroxylation is 1. The highest BCUT2D eigenvalue weighted by Gasteiger charge is 2.32. The van der Waals surface area contributed by atoms with Crippen LogP contribution < -0.4 is 10.6 Å². The van der Waals surface area contributed by atoms with Gasteiger partial charge in [0.2, 0.25) is 11.8 Å². The molecule has 0 spiro atoms. The molecule has 3 N–H and O–H groups in total. The number of ether oxygens (including phenoxy) is 2. The number of phenolic OH excluding ortho intramolecular Hbond substituents is 1. The number of aromatic hydroxyl groups is 1. The molecule has 0 saturated carbocycles. The molecule has 1 heterocycles. The van der Waals surface area contributed by atoms with Crippen molar-refractivity contribution in [1.29, 1.82) is 0 Å². The molecule has 0 radical (unpaired) electrons. The third-order valence-corrected chi connectivity index (χ3v) is 5.26. The van der Waals surface area contributed by atoms with E-state index in [9.17, 15) is 19.5 Å². The molecular weight excluding hydrogens is 478 g/mol. The van der Waals surface area contributed by atoms with E-state index in [-0.39, 0.29) is 29.7 Å². The number of allylic oxidation sites excluding steroid dienone is 1. The molecule has 10 nitrogen and oxygen atoms in total. The smallest absolute Gasteiger partial charge is 0.408 e. The van der Waals surface area contributed by atoms with Gasteiger partial charge < -0.3 is 29.6 Å². The second-order valence-corrected chi connectivity index (χ2v) is 9.95. The minimum atomic E-state index is -1.03. The topological polar surface area (TPSA) is 140 Å². The SMILES string of the molecule is C=CCCc1oc(C(NC(=O)C(Cc2cccc(O)c2)NC(=O)OC(C)(C)C)C(C)C)nc1C(=O)OC. The summed E-state index contributed by atoms with van der Waals surface area (Å²) in [6, 6.07) is 4.67. The predicted molar refractivity (Wildman–Crippen MR) is 137 cm³/mol. The van der Waals surface area contributed by atoms with E-state index in [1.807, 2.05) is 13.8 Å². The number of carbonyl (C=O) groups excluding carboxylic acids is 3. The second kappa shape index (κ2) is 12.9. The van der Waals surface area contributed by atoms with Crippen molar-refractivity contribution >= 4 is 18.0 Å². The fraction of sp³-hybridized carbons (Fsp3) is 0.481. The number of methoxy groups -OCH3 is 1. The van der Waals surface area contributed by atoms with Crippen LogP contribution in [0.5, 0.6) is 5.75 Å². The van der Waals surface area contributed by atoms with Gasteiger partial charge in [-0.1, -0.05) is 32.1 Å². The Bertz CT molecular complexity index is 1100. The van der Waals surface area contributed by atoms with Crippen LogP contribution in [0.4, 0.5) is 4.79 Å². The number of nitrogens with zero attached hydrogens (tertiary/aromatic N) is 1. The molecule has 2 atom stereocenters. The van der Waals surface area contributed by atoms with E-state index < -0.39 is 35.7 Å². The third kappa shape index (κ3) is 8.96. The first-order chi connectivity index (χ1) is 17.3. The number of alkyl carbamates (subject to hydrolysis) is 1.